The zero-order valence-corrected chi connectivity index (χ0v) is 24.1. The average Bonchev–Trinajstić information content (AvgIpc) is 3.59. The summed E-state index contributed by atoms with van der Waals surface area (Å²) >= 11 is 0. The molecule has 0 atom stereocenters. The average molecular weight is 531 g/mol. The Hall–Kier alpha value is -2.90. The molecular formula is C34H38FeSi. The number of rotatable bonds is 6. The molecule has 0 heterocycles. The number of hydrogen-bond acceptors (Lipinski definition) is 0. The molecule has 0 nitrogen and oxygen atoms in total. The fourth-order valence-corrected chi connectivity index (χ4v) is 9.64. The molecule has 0 spiro atoms. The van der Waals surface area contributed by atoms with Gasteiger partial charge in [0.25, 0.3) is 0 Å². The van der Waals surface area contributed by atoms with Gasteiger partial charge in [0.15, 0.2) is 8.07 Å². The Morgan fingerprint density at radius 3 is 1.42 bits per heavy atom. The summed E-state index contributed by atoms with van der Waals surface area (Å²) in [6.07, 6.45) is 2.35. The van der Waals surface area contributed by atoms with E-state index in [9.17, 15) is 0 Å². The minimum absolute atomic E-state index is 0. The second-order valence-corrected chi connectivity index (χ2v) is 12.1. The summed E-state index contributed by atoms with van der Waals surface area (Å²) < 4.78 is 0. The van der Waals surface area contributed by atoms with Crippen LogP contribution in [0.15, 0.2) is 133 Å². The van der Waals surface area contributed by atoms with E-state index in [2.05, 4.69) is 147 Å². The van der Waals surface area contributed by atoms with E-state index >= 15 is 0 Å². The predicted octanol–water partition coefficient (Wildman–Crippen LogP) is 6.21. The Morgan fingerprint density at radius 2 is 1.08 bits per heavy atom. The van der Waals surface area contributed by atoms with Crippen LogP contribution >= 0.6 is 0 Å². The zero-order valence-electron chi connectivity index (χ0n) is 22.0. The van der Waals surface area contributed by atoms with Crippen molar-refractivity contribution in [2.75, 3.05) is 0 Å². The van der Waals surface area contributed by atoms with Crippen molar-refractivity contribution in [2.24, 2.45) is 0 Å². The molecule has 0 saturated heterocycles. The van der Waals surface area contributed by atoms with Crippen LogP contribution in [0.25, 0.3) is 0 Å². The van der Waals surface area contributed by atoms with Crippen molar-refractivity contribution in [2.45, 2.75) is 26.7 Å². The molecule has 5 aromatic rings. The number of aryl methyl sites for hydroxylation is 2. The van der Waals surface area contributed by atoms with Crippen LogP contribution in [0.4, 0.5) is 0 Å². The maximum atomic E-state index is 2.29. The van der Waals surface area contributed by atoms with Gasteiger partial charge in [-0.15, -0.1) is 0 Å². The molecule has 0 aromatic heterocycles. The van der Waals surface area contributed by atoms with Crippen LogP contribution in [-0.4, -0.2) is 8.07 Å². The number of hydrogen-bond donors (Lipinski definition) is 0. The van der Waals surface area contributed by atoms with Gasteiger partial charge in [-0.25, -0.2) is 24.3 Å². The third-order valence-corrected chi connectivity index (χ3v) is 11.3. The zero-order chi connectivity index (χ0) is 22.9. The molecule has 0 bridgehead atoms. The van der Waals surface area contributed by atoms with Crippen molar-refractivity contribution in [1.29, 1.82) is 0 Å². The van der Waals surface area contributed by atoms with Gasteiger partial charge >= 0.3 is 17.1 Å². The van der Waals surface area contributed by atoms with Gasteiger partial charge in [0, 0.05) is 0 Å². The van der Waals surface area contributed by atoms with Gasteiger partial charge in [-0.2, -0.15) is 34.5 Å². The van der Waals surface area contributed by atoms with Crippen LogP contribution in [0.1, 0.15) is 25.0 Å². The van der Waals surface area contributed by atoms with E-state index in [1.807, 2.05) is 0 Å². The Bertz CT molecular complexity index is 1090. The summed E-state index contributed by atoms with van der Waals surface area (Å²) in [5, 5.41) is 5.71. The summed E-state index contributed by atoms with van der Waals surface area (Å²) in [6, 6.07) is 48.4. The SMILES string of the molecule is CCc1ccc[c-]1CC.[CH3-].[CH3-].[Fe+4].c1ccc([Si](c2ccccc2)(c2ccccc2)c2ccc[cH-]2)cc1. The first kappa shape index (κ1) is 31.1. The second kappa shape index (κ2) is 15.3. The Labute approximate surface area is 231 Å². The van der Waals surface area contributed by atoms with E-state index in [1.54, 1.807) is 0 Å². The van der Waals surface area contributed by atoms with Crippen molar-refractivity contribution in [3.05, 3.63) is 159 Å². The normalized spacial score (nSPS) is 10.1. The quantitative estimate of drug-likeness (QED) is 0.139. The largest absolute Gasteiger partial charge is 4.00 e. The van der Waals surface area contributed by atoms with Gasteiger partial charge in [-0.3, -0.25) is 0 Å². The molecule has 0 saturated carbocycles. The van der Waals surface area contributed by atoms with Crippen LogP contribution in [0.2, 0.25) is 0 Å². The monoisotopic (exact) mass is 530 g/mol. The molecular weight excluding hydrogens is 492 g/mol. The van der Waals surface area contributed by atoms with E-state index in [0.717, 1.165) is 0 Å². The summed E-state index contributed by atoms with van der Waals surface area (Å²) in [6.45, 7) is 4.41. The third-order valence-electron chi connectivity index (χ3n) is 6.49. The fourth-order valence-electron chi connectivity index (χ4n) is 4.87. The molecule has 0 aliphatic carbocycles. The Morgan fingerprint density at radius 1 is 0.611 bits per heavy atom. The van der Waals surface area contributed by atoms with Crippen molar-refractivity contribution in [3.63, 3.8) is 0 Å². The standard InChI is InChI=1S/C23H19Si.C9H13.2CH3.Fe/c1-4-12-20(13-5-1)24(23-18-10-11-19-23,21-14-6-2-7-15-21)22-16-8-3-9-17-22;1-3-8-6-5-7-9(8)4-2;;;/h1-19H;5-7H,3-4H2,1-2H3;2*1H3;/q4*-1;+4. The van der Waals surface area contributed by atoms with E-state index in [0.29, 0.717) is 0 Å². The van der Waals surface area contributed by atoms with Gasteiger partial charge in [0.2, 0.25) is 0 Å². The van der Waals surface area contributed by atoms with Crippen molar-refractivity contribution >= 4 is 28.8 Å². The van der Waals surface area contributed by atoms with Crippen LogP contribution in [0.5, 0.6) is 0 Å². The van der Waals surface area contributed by atoms with Crippen molar-refractivity contribution < 1.29 is 17.1 Å². The molecule has 0 aliphatic heterocycles. The summed E-state index contributed by atoms with van der Waals surface area (Å²) in [5.74, 6) is 0. The molecule has 0 amide bonds. The minimum Gasteiger partial charge on any atom is -0.358 e. The van der Waals surface area contributed by atoms with Gasteiger partial charge in [-0.05, 0) is 15.6 Å². The molecule has 0 radical (unpaired) electrons. The fraction of sp³-hybridized carbons (Fsp3) is 0.118. The molecule has 186 valence electrons. The van der Waals surface area contributed by atoms with Gasteiger partial charge in [-0.1, -0.05) is 118 Å². The van der Waals surface area contributed by atoms with Crippen molar-refractivity contribution in [1.82, 2.24) is 0 Å². The van der Waals surface area contributed by atoms with Crippen LogP contribution in [0, 0.1) is 14.9 Å². The molecule has 0 fully saturated rings. The molecule has 5 rings (SSSR count). The first-order valence-electron chi connectivity index (χ1n) is 11.9. The van der Waals surface area contributed by atoms with E-state index < -0.39 is 8.07 Å². The Kier molecular flexibility index (Phi) is 13.2. The smallest absolute Gasteiger partial charge is 0.358 e. The molecule has 2 heteroatoms. The van der Waals surface area contributed by atoms with Crippen LogP contribution in [-0.2, 0) is 29.9 Å². The first-order valence-corrected chi connectivity index (χ1v) is 13.9. The first-order chi connectivity index (χ1) is 16.3. The van der Waals surface area contributed by atoms with Crippen LogP contribution < -0.4 is 20.7 Å². The maximum absolute atomic E-state index is 2.29. The van der Waals surface area contributed by atoms with E-state index in [4.69, 9.17) is 0 Å². The minimum atomic E-state index is -2.25. The van der Waals surface area contributed by atoms with Crippen LogP contribution in [0.3, 0.4) is 0 Å². The van der Waals surface area contributed by atoms with Gasteiger partial charge in [0.05, 0.1) is 0 Å². The topological polar surface area (TPSA) is 0 Å². The number of benzene rings is 3. The van der Waals surface area contributed by atoms with Gasteiger partial charge < -0.3 is 14.9 Å². The third kappa shape index (κ3) is 6.45. The molecule has 0 aliphatic rings. The summed E-state index contributed by atoms with van der Waals surface area (Å²) in [7, 11) is -2.25. The second-order valence-electron chi connectivity index (χ2n) is 8.31. The predicted molar refractivity (Wildman–Crippen MR) is 159 cm³/mol. The molecule has 0 unspecified atom stereocenters. The Balaban J connectivity index is 0.000000465. The summed E-state index contributed by atoms with van der Waals surface area (Å²) in [4.78, 5) is 0. The van der Waals surface area contributed by atoms with E-state index in [-0.39, 0.29) is 31.9 Å². The van der Waals surface area contributed by atoms with Crippen molar-refractivity contribution in [3.8, 4) is 0 Å². The van der Waals surface area contributed by atoms with E-state index in [1.165, 1.54) is 44.7 Å². The van der Waals surface area contributed by atoms with Gasteiger partial charge in [0.1, 0.15) is 0 Å². The molecule has 36 heavy (non-hydrogen) atoms. The molecule has 5 aromatic carbocycles. The summed E-state index contributed by atoms with van der Waals surface area (Å²) in [5.41, 5.74) is 3.02. The molecule has 0 N–H and O–H groups in total. The maximum Gasteiger partial charge on any atom is 4.00 e.